The van der Waals surface area contributed by atoms with E-state index in [1.807, 2.05) is 13.8 Å². The van der Waals surface area contributed by atoms with Crippen LogP contribution in [0.15, 0.2) is 16.6 Å². The van der Waals surface area contributed by atoms with Gasteiger partial charge in [-0.15, -0.1) is 0 Å². The Morgan fingerprint density at radius 3 is 2.83 bits per heavy atom. The highest BCUT2D eigenvalue weighted by Gasteiger charge is 2.12. The van der Waals surface area contributed by atoms with Crippen molar-refractivity contribution < 1.29 is 13.9 Å². The predicted molar refractivity (Wildman–Crippen MR) is 73.2 cm³/mol. The van der Waals surface area contributed by atoms with Crippen molar-refractivity contribution in [2.45, 2.75) is 33.2 Å². The Bertz CT molecular complexity index is 437. The lowest BCUT2D eigenvalue weighted by Crippen LogP contribution is -2.21. The van der Waals surface area contributed by atoms with Gasteiger partial charge in [-0.3, -0.25) is 4.79 Å². The molecule has 18 heavy (non-hydrogen) atoms. The summed E-state index contributed by atoms with van der Waals surface area (Å²) in [5.41, 5.74) is 1.60. The van der Waals surface area contributed by atoms with E-state index in [-0.39, 0.29) is 24.2 Å². The summed E-state index contributed by atoms with van der Waals surface area (Å²) in [7, 11) is 0. The highest BCUT2D eigenvalue weighted by molar-refractivity contribution is 9.10. The average molecular weight is 318 g/mol. The van der Waals surface area contributed by atoms with E-state index in [1.165, 1.54) is 6.07 Å². The third kappa shape index (κ3) is 4.29. The number of aryl methyl sites for hydroxylation is 1. The number of benzene rings is 1. The van der Waals surface area contributed by atoms with Gasteiger partial charge in [-0.25, -0.2) is 4.39 Å². The van der Waals surface area contributed by atoms with Crippen LogP contribution in [0.1, 0.15) is 25.8 Å². The Morgan fingerprint density at radius 2 is 2.22 bits per heavy atom. The molecule has 100 valence electrons. The fourth-order valence-electron chi connectivity index (χ4n) is 1.59. The number of esters is 1. The van der Waals surface area contributed by atoms with Crippen LogP contribution >= 0.6 is 15.9 Å². The van der Waals surface area contributed by atoms with Crippen molar-refractivity contribution in [3.8, 4) is 0 Å². The molecule has 1 atom stereocenters. The summed E-state index contributed by atoms with van der Waals surface area (Å²) in [6, 6.07) is 3.05. The summed E-state index contributed by atoms with van der Waals surface area (Å²) in [6.07, 6.45) is 0.280. The lowest BCUT2D eigenvalue weighted by molar-refractivity contribution is -0.143. The quantitative estimate of drug-likeness (QED) is 0.842. The van der Waals surface area contributed by atoms with Crippen molar-refractivity contribution in [1.82, 2.24) is 0 Å². The molecule has 0 fully saturated rings. The van der Waals surface area contributed by atoms with E-state index in [9.17, 15) is 9.18 Å². The molecule has 0 aromatic heterocycles. The molecule has 5 heteroatoms. The van der Waals surface area contributed by atoms with E-state index >= 15 is 0 Å². The van der Waals surface area contributed by atoms with Gasteiger partial charge in [-0.1, -0.05) is 0 Å². The van der Waals surface area contributed by atoms with Crippen molar-refractivity contribution in [1.29, 1.82) is 0 Å². The van der Waals surface area contributed by atoms with Crippen molar-refractivity contribution in [2.24, 2.45) is 0 Å². The monoisotopic (exact) mass is 317 g/mol. The molecule has 0 radical (unpaired) electrons. The molecule has 0 aliphatic rings. The van der Waals surface area contributed by atoms with Gasteiger partial charge in [0.1, 0.15) is 5.82 Å². The third-order valence-electron chi connectivity index (χ3n) is 2.45. The van der Waals surface area contributed by atoms with Crippen LogP contribution in [0, 0.1) is 12.7 Å². The van der Waals surface area contributed by atoms with E-state index in [0.29, 0.717) is 11.1 Å². The van der Waals surface area contributed by atoms with Crippen LogP contribution in [0.4, 0.5) is 10.1 Å². The molecular formula is C13H17BrFNO2. The third-order valence-corrected chi connectivity index (χ3v) is 3.06. The summed E-state index contributed by atoms with van der Waals surface area (Å²) in [6.45, 7) is 5.85. The van der Waals surface area contributed by atoms with Gasteiger partial charge in [-0.05, 0) is 54.4 Å². The SMILES string of the molecule is CCOC(=O)CC(C)Nc1cc(Br)c(F)cc1C. The van der Waals surface area contributed by atoms with Crippen LogP contribution in [0.25, 0.3) is 0 Å². The molecular weight excluding hydrogens is 301 g/mol. The number of halogens is 2. The molecule has 1 rings (SSSR count). The lowest BCUT2D eigenvalue weighted by atomic mass is 10.1. The highest BCUT2D eigenvalue weighted by atomic mass is 79.9. The first-order valence-corrected chi connectivity index (χ1v) is 6.61. The summed E-state index contributed by atoms with van der Waals surface area (Å²) in [4.78, 5) is 11.3. The average Bonchev–Trinajstić information content (AvgIpc) is 2.26. The van der Waals surface area contributed by atoms with Crippen LogP contribution in [-0.2, 0) is 9.53 Å². The fraction of sp³-hybridized carbons (Fsp3) is 0.462. The fourth-order valence-corrected chi connectivity index (χ4v) is 1.93. The number of carbonyl (C=O) groups excluding carboxylic acids is 1. The minimum Gasteiger partial charge on any atom is -0.466 e. The minimum atomic E-state index is -0.295. The molecule has 0 aliphatic carbocycles. The Balaban J connectivity index is 2.67. The van der Waals surface area contributed by atoms with Gasteiger partial charge in [0.15, 0.2) is 0 Å². The second-order valence-corrected chi connectivity index (χ2v) is 4.99. The van der Waals surface area contributed by atoms with E-state index in [1.54, 1.807) is 13.0 Å². The van der Waals surface area contributed by atoms with E-state index in [0.717, 1.165) is 11.3 Å². The lowest BCUT2D eigenvalue weighted by Gasteiger charge is -2.16. The molecule has 0 aliphatic heterocycles. The smallest absolute Gasteiger partial charge is 0.307 e. The van der Waals surface area contributed by atoms with Crippen molar-refractivity contribution in [3.05, 3.63) is 28.0 Å². The number of anilines is 1. The second kappa shape index (κ2) is 6.73. The maximum atomic E-state index is 13.3. The Hall–Kier alpha value is -1.10. The molecule has 0 saturated heterocycles. The molecule has 3 nitrogen and oxygen atoms in total. The van der Waals surface area contributed by atoms with Crippen molar-refractivity contribution in [2.75, 3.05) is 11.9 Å². The zero-order chi connectivity index (χ0) is 13.7. The molecule has 0 heterocycles. The summed E-state index contributed by atoms with van der Waals surface area (Å²) < 4.78 is 18.5. The Kier molecular flexibility index (Phi) is 5.59. The maximum absolute atomic E-state index is 13.3. The number of hydrogen-bond acceptors (Lipinski definition) is 3. The molecule has 1 aromatic rings. The Morgan fingerprint density at radius 1 is 1.56 bits per heavy atom. The number of rotatable bonds is 5. The molecule has 0 saturated carbocycles. The van der Waals surface area contributed by atoms with Crippen LogP contribution < -0.4 is 5.32 Å². The van der Waals surface area contributed by atoms with Crippen LogP contribution in [0.5, 0.6) is 0 Å². The standard InChI is InChI=1S/C13H17BrFNO2/c1-4-18-13(17)6-9(3)16-12-7-10(14)11(15)5-8(12)2/h5,7,9,16H,4,6H2,1-3H3. The van der Waals surface area contributed by atoms with Crippen molar-refractivity contribution >= 4 is 27.6 Å². The van der Waals surface area contributed by atoms with Gasteiger partial charge in [0.05, 0.1) is 17.5 Å². The van der Waals surface area contributed by atoms with Gasteiger partial charge >= 0.3 is 5.97 Å². The first-order valence-electron chi connectivity index (χ1n) is 5.81. The number of ether oxygens (including phenoxy) is 1. The largest absolute Gasteiger partial charge is 0.466 e. The van der Waals surface area contributed by atoms with E-state index < -0.39 is 0 Å². The zero-order valence-electron chi connectivity index (χ0n) is 10.7. The van der Waals surface area contributed by atoms with E-state index in [2.05, 4.69) is 21.2 Å². The minimum absolute atomic E-state index is 0.0693. The van der Waals surface area contributed by atoms with Crippen LogP contribution in [0.2, 0.25) is 0 Å². The normalized spacial score (nSPS) is 12.1. The van der Waals surface area contributed by atoms with E-state index in [4.69, 9.17) is 4.74 Å². The summed E-state index contributed by atoms with van der Waals surface area (Å²) in [5, 5.41) is 3.17. The van der Waals surface area contributed by atoms with Crippen LogP contribution in [-0.4, -0.2) is 18.6 Å². The van der Waals surface area contributed by atoms with Gasteiger partial charge in [0.2, 0.25) is 0 Å². The van der Waals surface area contributed by atoms with Crippen molar-refractivity contribution in [3.63, 3.8) is 0 Å². The topological polar surface area (TPSA) is 38.3 Å². The Labute approximate surface area is 115 Å². The molecule has 1 unspecified atom stereocenters. The molecule has 0 bridgehead atoms. The summed E-state index contributed by atoms with van der Waals surface area (Å²) in [5.74, 6) is -0.535. The molecule has 0 spiro atoms. The van der Waals surface area contributed by atoms with Gasteiger partial charge in [-0.2, -0.15) is 0 Å². The number of nitrogens with one attached hydrogen (secondary N) is 1. The zero-order valence-corrected chi connectivity index (χ0v) is 12.3. The molecule has 1 aromatic carbocycles. The highest BCUT2D eigenvalue weighted by Crippen LogP contribution is 2.25. The maximum Gasteiger partial charge on any atom is 0.307 e. The summed E-state index contributed by atoms with van der Waals surface area (Å²) >= 11 is 3.14. The number of hydrogen-bond donors (Lipinski definition) is 1. The number of carbonyl (C=O) groups is 1. The first-order chi connectivity index (χ1) is 8.43. The second-order valence-electron chi connectivity index (χ2n) is 4.14. The van der Waals surface area contributed by atoms with Gasteiger partial charge < -0.3 is 10.1 Å². The van der Waals surface area contributed by atoms with Gasteiger partial charge in [0, 0.05) is 11.7 Å². The van der Waals surface area contributed by atoms with Crippen LogP contribution in [0.3, 0.4) is 0 Å². The molecule has 1 N–H and O–H groups in total. The predicted octanol–water partition coefficient (Wildman–Crippen LogP) is 3.65. The first kappa shape index (κ1) is 15.0. The van der Waals surface area contributed by atoms with Gasteiger partial charge in [0.25, 0.3) is 0 Å². The molecule has 0 amide bonds.